The van der Waals surface area contributed by atoms with Gasteiger partial charge in [0.25, 0.3) is 5.91 Å². The van der Waals surface area contributed by atoms with Gasteiger partial charge in [-0.3, -0.25) is 4.79 Å². The molecule has 4 heteroatoms. The van der Waals surface area contributed by atoms with Gasteiger partial charge in [0.2, 0.25) is 0 Å². The molecule has 1 fully saturated rings. The molecular formula is C25H27ClN2O. The van der Waals surface area contributed by atoms with Gasteiger partial charge in [-0.15, -0.1) is 0 Å². The van der Waals surface area contributed by atoms with Gasteiger partial charge in [0.15, 0.2) is 0 Å². The molecule has 0 aromatic heterocycles. The third-order valence-electron chi connectivity index (χ3n) is 5.94. The fourth-order valence-corrected chi connectivity index (χ4v) is 4.52. The van der Waals surface area contributed by atoms with Crippen molar-refractivity contribution in [1.82, 2.24) is 10.6 Å². The Morgan fingerprint density at radius 1 is 0.931 bits per heavy atom. The number of nitrogens with one attached hydrogen (secondary N) is 2. The van der Waals surface area contributed by atoms with Gasteiger partial charge in [0, 0.05) is 28.7 Å². The first-order chi connectivity index (χ1) is 14.1. The lowest BCUT2D eigenvalue weighted by molar-refractivity contribution is 0.0913. The monoisotopic (exact) mass is 406 g/mol. The minimum absolute atomic E-state index is 0.0295. The van der Waals surface area contributed by atoms with Gasteiger partial charge < -0.3 is 10.6 Å². The van der Waals surface area contributed by atoms with Gasteiger partial charge in [-0.25, -0.2) is 0 Å². The molecule has 3 nitrogen and oxygen atoms in total. The molecule has 1 aliphatic carbocycles. The standard InChI is InChI=1S/C25H27ClN2O/c1-17(21-10-6-8-18-7-2-3-9-22(18)21)27-23-11-4-5-12-24(23)28-25(29)19-13-15-20(26)16-14-19/h2-3,6-10,13-17,23-24,27H,4-5,11-12H2,1H3,(H,28,29)/t17?,23-,24-/m0/s1. The number of hydrogen-bond donors (Lipinski definition) is 2. The van der Waals surface area contributed by atoms with Crippen LogP contribution in [0.15, 0.2) is 66.7 Å². The minimum Gasteiger partial charge on any atom is -0.348 e. The average Bonchev–Trinajstić information content (AvgIpc) is 2.75. The first-order valence-electron chi connectivity index (χ1n) is 10.4. The molecule has 4 rings (SSSR count). The van der Waals surface area contributed by atoms with Crippen molar-refractivity contribution in [2.75, 3.05) is 0 Å². The second-order valence-corrected chi connectivity index (χ2v) is 8.37. The normalized spacial score (nSPS) is 20.3. The molecular weight excluding hydrogens is 380 g/mol. The van der Waals surface area contributed by atoms with Crippen molar-refractivity contribution < 1.29 is 4.79 Å². The van der Waals surface area contributed by atoms with Crippen molar-refractivity contribution in [3.63, 3.8) is 0 Å². The summed E-state index contributed by atoms with van der Waals surface area (Å²) in [5.74, 6) is -0.0295. The number of halogens is 1. The molecule has 1 aliphatic rings. The molecule has 1 saturated carbocycles. The number of hydrogen-bond acceptors (Lipinski definition) is 2. The van der Waals surface area contributed by atoms with E-state index in [1.165, 1.54) is 22.8 Å². The fourth-order valence-electron chi connectivity index (χ4n) is 4.40. The van der Waals surface area contributed by atoms with E-state index in [9.17, 15) is 4.79 Å². The summed E-state index contributed by atoms with van der Waals surface area (Å²) in [7, 11) is 0. The van der Waals surface area contributed by atoms with E-state index >= 15 is 0 Å². The van der Waals surface area contributed by atoms with Crippen LogP contribution < -0.4 is 10.6 Å². The summed E-state index contributed by atoms with van der Waals surface area (Å²) in [6.45, 7) is 2.22. The summed E-state index contributed by atoms with van der Waals surface area (Å²) in [5.41, 5.74) is 1.96. The Bertz CT molecular complexity index is 980. The maximum absolute atomic E-state index is 12.7. The van der Waals surface area contributed by atoms with Crippen LogP contribution in [0.25, 0.3) is 10.8 Å². The average molecular weight is 407 g/mol. The summed E-state index contributed by atoms with van der Waals surface area (Å²) in [4.78, 5) is 12.7. The minimum atomic E-state index is -0.0295. The van der Waals surface area contributed by atoms with E-state index in [0.29, 0.717) is 10.6 Å². The van der Waals surface area contributed by atoms with Crippen molar-refractivity contribution >= 4 is 28.3 Å². The van der Waals surface area contributed by atoms with Crippen LogP contribution in [0, 0.1) is 0 Å². The zero-order valence-corrected chi connectivity index (χ0v) is 17.5. The highest BCUT2D eigenvalue weighted by Crippen LogP contribution is 2.27. The van der Waals surface area contributed by atoms with Gasteiger partial charge in [-0.05, 0) is 60.4 Å². The van der Waals surface area contributed by atoms with Gasteiger partial charge in [-0.1, -0.05) is 66.9 Å². The summed E-state index contributed by atoms with van der Waals surface area (Å²) >= 11 is 5.95. The fraction of sp³-hybridized carbons (Fsp3) is 0.320. The lowest BCUT2D eigenvalue weighted by Gasteiger charge is -2.35. The van der Waals surface area contributed by atoms with E-state index in [2.05, 4.69) is 60.0 Å². The zero-order valence-electron chi connectivity index (χ0n) is 16.7. The first kappa shape index (κ1) is 19.9. The van der Waals surface area contributed by atoms with Crippen LogP contribution in [0.4, 0.5) is 0 Å². The quantitative estimate of drug-likeness (QED) is 0.555. The predicted octanol–water partition coefficient (Wildman–Crippen LogP) is 5.89. The van der Waals surface area contributed by atoms with E-state index in [0.717, 1.165) is 19.3 Å². The molecule has 2 N–H and O–H groups in total. The molecule has 0 heterocycles. The Hall–Kier alpha value is -2.36. The Labute approximate surface area is 177 Å². The summed E-state index contributed by atoms with van der Waals surface area (Å²) in [6, 6.07) is 22.7. The number of fused-ring (bicyclic) bond motifs is 1. The summed E-state index contributed by atoms with van der Waals surface area (Å²) in [5, 5.41) is 10.2. The van der Waals surface area contributed by atoms with Crippen LogP contribution in [-0.2, 0) is 0 Å². The maximum atomic E-state index is 12.7. The largest absolute Gasteiger partial charge is 0.348 e. The summed E-state index contributed by atoms with van der Waals surface area (Å²) in [6.07, 6.45) is 4.40. The Morgan fingerprint density at radius 2 is 1.62 bits per heavy atom. The Balaban J connectivity index is 1.48. The molecule has 0 aliphatic heterocycles. The molecule has 0 spiro atoms. The van der Waals surface area contributed by atoms with Crippen molar-refractivity contribution in [2.24, 2.45) is 0 Å². The second-order valence-electron chi connectivity index (χ2n) is 7.93. The van der Waals surface area contributed by atoms with Crippen LogP contribution in [0.2, 0.25) is 5.02 Å². The van der Waals surface area contributed by atoms with Gasteiger partial charge in [-0.2, -0.15) is 0 Å². The lowest BCUT2D eigenvalue weighted by atomic mass is 9.88. The van der Waals surface area contributed by atoms with E-state index in [1.54, 1.807) is 24.3 Å². The number of carbonyl (C=O) groups is 1. The molecule has 150 valence electrons. The van der Waals surface area contributed by atoms with E-state index in [1.807, 2.05) is 0 Å². The highest BCUT2D eigenvalue weighted by Gasteiger charge is 2.28. The smallest absolute Gasteiger partial charge is 0.251 e. The molecule has 1 amide bonds. The molecule has 1 unspecified atom stereocenters. The molecule has 29 heavy (non-hydrogen) atoms. The van der Waals surface area contributed by atoms with Crippen LogP contribution in [0.5, 0.6) is 0 Å². The van der Waals surface area contributed by atoms with Gasteiger partial charge in [0.1, 0.15) is 0 Å². The summed E-state index contributed by atoms with van der Waals surface area (Å²) < 4.78 is 0. The third kappa shape index (κ3) is 4.63. The maximum Gasteiger partial charge on any atom is 0.251 e. The van der Waals surface area contributed by atoms with Crippen LogP contribution in [0.1, 0.15) is 54.6 Å². The van der Waals surface area contributed by atoms with Crippen molar-refractivity contribution in [1.29, 1.82) is 0 Å². The lowest BCUT2D eigenvalue weighted by Crippen LogP contribution is -2.52. The molecule has 0 bridgehead atoms. The van der Waals surface area contributed by atoms with Gasteiger partial charge in [0.05, 0.1) is 0 Å². The zero-order chi connectivity index (χ0) is 20.2. The first-order valence-corrected chi connectivity index (χ1v) is 10.8. The Kier molecular flexibility index (Phi) is 6.17. The van der Waals surface area contributed by atoms with Crippen LogP contribution >= 0.6 is 11.6 Å². The van der Waals surface area contributed by atoms with Crippen molar-refractivity contribution in [3.05, 3.63) is 82.9 Å². The molecule has 3 aromatic rings. The highest BCUT2D eigenvalue weighted by molar-refractivity contribution is 6.30. The van der Waals surface area contributed by atoms with E-state index < -0.39 is 0 Å². The van der Waals surface area contributed by atoms with E-state index in [4.69, 9.17) is 11.6 Å². The highest BCUT2D eigenvalue weighted by atomic mass is 35.5. The predicted molar refractivity (Wildman–Crippen MR) is 120 cm³/mol. The number of amides is 1. The van der Waals surface area contributed by atoms with Gasteiger partial charge >= 0.3 is 0 Å². The van der Waals surface area contributed by atoms with Crippen LogP contribution in [0.3, 0.4) is 0 Å². The molecule has 3 atom stereocenters. The number of rotatable bonds is 5. The SMILES string of the molecule is CC(N[C@H]1CCCC[C@@H]1NC(=O)c1ccc(Cl)cc1)c1cccc2ccccc12. The Morgan fingerprint density at radius 3 is 2.41 bits per heavy atom. The van der Waals surface area contributed by atoms with E-state index in [-0.39, 0.29) is 24.0 Å². The molecule has 0 radical (unpaired) electrons. The molecule has 0 saturated heterocycles. The number of carbonyl (C=O) groups excluding carboxylic acids is 1. The van der Waals surface area contributed by atoms with Crippen molar-refractivity contribution in [3.8, 4) is 0 Å². The topological polar surface area (TPSA) is 41.1 Å². The third-order valence-corrected chi connectivity index (χ3v) is 6.19. The van der Waals surface area contributed by atoms with Crippen LogP contribution in [-0.4, -0.2) is 18.0 Å². The molecule has 3 aromatic carbocycles. The second kappa shape index (κ2) is 8.98. The van der Waals surface area contributed by atoms with Crippen molar-refractivity contribution in [2.45, 2.75) is 50.7 Å². The number of benzene rings is 3.